The predicted molar refractivity (Wildman–Crippen MR) is 119 cm³/mol. The summed E-state index contributed by atoms with van der Waals surface area (Å²) >= 11 is 11.8. The fraction of sp³-hybridized carbons (Fsp3) is 0.476. The zero-order valence-corrected chi connectivity index (χ0v) is 18.1. The van der Waals surface area contributed by atoms with E-state index in [2.05, 4.69) is 29.1 Å². The number of rotatable bonds is 10. The van der Waals surface area contributed by atoms with Gasteiger partial charge in [0.1, 0.15) is 5.76 Å². The number of furan rings is 1. The van der Waals surface area contributed by atoms with Crippen LogP contribution < -0.4 is 5.32 Å². The number of aryl methyl sites for hydroxylation is 1. The summed E-state index contributed by atoms with van der Waals surface area (Å²) in [6.07, 6.45) is 5.21. The molecule has 2 aromatic rings. The normalized spacial score (nSPS) is 11.0. The van der Waals surface area contributed by atoms with Crippen LogP contribution in [0.1, 0.15) is 37.5 Å². The summed E-state index contributed by atoms with van der Waals surface area (Å²) < 4.78 is 5.52. The molecule has 0 atom stereocenters. The minimum Gasteiger partial charge on any atom is -0.467 e. The fourth-order valence-corrected chi connectivity index (χ4v) is 3.23. The van der Waals surface area contributed by atoms with Crippen molar-refractivity contribution >= 4 is 34.6 Å². The van der Waals surface area contributed by atoms with Crippen LogP contribution in [0.4, 0.5) is 5.69 Å². The van der Waals surface area contributed by atoms with Gasteiger partial charge >= 0.3 is 0 Å². The molecule has 0 spiro atoms. The number of thiocarbonyl (C=S) groups is 1. The fourth-order valence-electron chi connectivity index (χ4n) is 2.84. The van der Waals surface area contributed by atoms with Crippen LogP contribution in [0.5, 0.6) is 0 Å². The van der Waals surface area contributed by atoms with Crippen molar-refractivity contribution in [2.45, 2.75) is 39.7 Å². The first-order chi connectivity index (χ1) is 13.0. The summed E-state index contributed by atoms with van der Waals surface area (Å²) in [5.74, 6) is 0.908. The maximum atomic E-state index is 6.12. The lowest BCUT2D eigenvalue weighted by atomic mass is 10.2. The largest absolute Gasteiger partial charge is 0.467 e. The molecule has 0 aliphatic heterocycles. The third-order valence-corrected chi connectivity index (χ3v) is 5.27. The van der Waals surface area contributed by atoms with Crippen molar-refractivity contribution in [1.29, 1.82) is 0 Å². The molecule has 0 aliphatic carbocycles. The van der Waals surface area contributed by atoms with Gasteiger partial charge in [0.2, 0.25) is 0 Å². The van der Waals surface area contributed by atoms with Gasteiger partial charge < -0.3 is 19.5 Å². The first-order valence-corrected chi connectivity index (χ1v) is 10.3. The Hall–Kier alpha value is -1.56. The van der Waals surface area contributed by atoms with Crippen molar-refractivity contribution in [1.82, 2.24) is 9.80 Å². The number of nitrogens with zero attached hydrogens (tertiary/aromatic N) is 2. The van der Waals surface area contributed by atoms with E-state index in [1.807, 2.05) is 37.3 Å². The summed E-state index contributed by atoms with van der Waals surface area (Å²) in [6, 6.07) is 9.74. The van der Waals surface area contributed by atoms with Crippen LogP contribution in [0.3, 0.4) is 0 Å². The van der Waals surface area contributed by atoms with E-state index in [-0.39, 0.29) is 0 Å². The van der Waals surface area contributed by atoms with Crippen molar-refractivity contribution in [3.63, 3.8) is 0 Å². The van der Waals surface area contributed by atoms with E-state index >= 15 is 0 Å². The third kappa shape index (κ3) is 7.53. The van der Waals surface area contributed by atoms with Crippen LogP contribution >= 0.6 is 23.8 Å². The summed E-state index contributed by atoms with van der Waals surface area (Å²) in [4.78, 5) is 4.54. The number of benzene rings is 1. The van der Waals surface area contributed by atoms with E-state index in [0.29, 0.717) is 11.7 Å². The number of halogens is 1. The molecule has 0 saturated heterocycles. The van der Waals surface area contributed by atoms with Gasteiger partial charge in [-0.1, -0.05) is 24.9 Å². The minimum absolute atomic E-state index is 0.657. The Balaban J connectivity index is 1.95. The Morgan fingerprint density at radius 3 is 2.63 bits per heavy atom. The van der Waals surface area contributed by atoms with Crippen LogP contribution in [0.2, 0.25) is 5.02 Å². The summed E-state index contributed by atoms with van der Waals surface area (Å²) in [7, 11) is 2.18. The van der Waals surface area contributed by atoms with E-state index in [1.165, 1.54) is 12.8 Å². The molecule has 0 bridgehead atoms. The van der Waals surface area contributed by atoms with E-state index in [4.69, 9.17) is 28.2 Å². The lowest BCUT2D eigenvalue weighted by molar-refractivity contribution is 0.293. The molecule has 1 aromatic heterocycles. The summed E-state index contributed by atoms with van der Waals surface area (Å²) in [6.45, 7) is 7.93. The highest BCUT2D eigenvalue weighted by Crippen LogP contribution is 2.20. The average molecular weight is 408 g/mol. The topological polar surface area (TPSA) is 31.6 Å². The van der Waals surface area contributed by atoms with E-state index < -0.39 is 0 Å². The average Bonchev–Trinajstić information content (AvgIpc) is 3.15. The molecule has 1 N–H and O–H groups in total. The second kappa shape index (κ2) is 11.3. The van der Waals surface area contributed by atoms with Crippen molar-refractivity contribution in [3.05, 3.63) is 52.9 Å². The molecule has 0 fully saturated rings. The van der Waals surface area contributed by atoms with Gasteiger partial charge in [-0.15, -0.1) is 0 Å². The van der Waals surface area contributed by atoms with Crippen molar-refractivity contribution < 1.29 is 4.42 Å². The lowest BCUT2D eigenvalue weighted by Crippen LogP contribution is -2.36. The van der Waals surface area contributed by atoms with Gasteiger partial charge in [-0.25, -0.2) is 0 Å². The van der Waals surface area contributed by atoms with Crippen LogP contribution in [0.15, 0.2) is 41.0 Å². The zero-order chi connectivity index (χ0) is 19.6. The van der Waals surface area contributed by atoms with Crippen molar-refractivity contribution in [2.75, 3.05) is 32.0 Å². The molecular formula is C21H30ClN3OS. The maximum absolute atomic E-state index is 6.12. The highest BCUT2D eigenvalue weighted by Gasteiger charge is 2.13. The SMILES string of the molecule is CCCCN(C)CCCN(Cc1ccco1)C(=S)Nc1ccc(Cl)c(C)c1. The van der Waals surface area contributed by atoms with Gasteiger partial charge in [-0.2, -0.15) is 0 Å². The number of hydrogen-bond acceptors (Lipinski definition) is 3. The third-order valence-electron chi connectivity index (χ3n) is 4.48. The summed E-state index contributed by atoms with van der Waals surface area (Å²) in [5.41, 5.74) is 1.98. The second-order valence-corrected chi connectivity index (χ2v) is 7.70. The highest BCUT2D eigenvalue weighted by molar-refractivity contribution is 7.80. The molecule has 0 aliphatic rings. The van der Waals surface area contributed by atoms with Crippen molar-refractivity contribution in [3.8, 4) is 0 Å². The van der Waals surface area contributed by atoms with E-state index in [0.717, 1.165) is 48.1 Å². The minimum atomic E-state index is 0.657. The first kappa shape index (κ1) is 21.7. The smallest absolute Gasteiger partial charge is 0.173 e. The summed E-state index contributed by atoms with van der Waals surface area (Å²) in [5, 5.41) is 4.80. The Morgan fingerprint density at radius 2 is 1.96 bits per heavy atom. The molecule has 0 unspecified atom stereocenters. The Bertz CT molecular complexity index is 705. The predicted octanol–water partition coefficient (Wildman–Crippen LogP) is 5.56. The Kier molecular flexibility index (Phi) is 9.11. The van der Waals surface area contributed by atoms with Gasteiger partial charge in [0.05, 0.1) is 12.8 Å². The molecule has 0 amide bonds. The van der Waals surface area contributed by atoms with Gasteiger partial charge in [-0.3, -0.25) is 0 Å². The van der Waals surface area contributed by atoms with E-state index in [9.17, 15) is 0 Å². The van der Waals surface area contributed by atoms with Crippen molar-refractivity contribution in [2.24, 2.45) is 0 Å². The molecule has 0 saturated carbocycles. The highest BCUT2D eigenvalue weighted by atomic mass is 35.5. The molecular weight excluding hydrogens is 378 g/mol. The van der Waals surface area contributed by atoms with Crippen LogP contribution in [0.25, 0.3) is 0 Å². The first-order valence-electron chi connectivity index (χ1n) is 9.52. The van der Waals surface area contributed by atoms with Crippen LogP contribution in [-0.2, 0) is 6.54 Å². The van der Waals surface area contributed by atoms with Crippen LogP contribution in [0, 0.1) is 6.92 Å². The standard InChI is InChI=1S/C21H30ClN3OS/c1-4-5-11-24(3)12-7-13-25(16-19-8-6-14-26-19)21(27)23-18-9-10-20(22)17(2)15-18/h6,8-10,14-15H,4-5,7,11-13,16H2,1-3H3,(H,23,27). The Morgan fingerprint density at radius 1 is 1.19 bits per heavy atom. The monoisotopic (exact) mass is 407 g/mol. The quantitative estimate of drug-likeness (QED) is 0.521. The molecule has 4 nitrogen and oxygen atoms in total. The molecule has 0 radical (unpaired) electrons. The maximum Gasteiger partial charge on any atom is 0.173 e. The number of anilines is 1. The number of hydrogen-bond donors (Lipinski definition) is 1. The van der Waals surface area contributed by atoms with Crippen LogP contribution in [-0.4, -0.2) is 41.6 Å². The molecule has 2 rings (SSSR count). The van der Waals surface area contributed by atoms with Gasteiger partial charge in [-0.05, 0) is 88.0 Å². The number of unbranched alkanes of at least 4 members (excludes halogenated alkanes) is 1. The zero-order valence-electron chi connectivity index (χ0n) is 16.5. The van der Waals surface area contributed by atoms with Gasteiger partial charge in [0.15, 0.2) is 5.11 Å². The van der Waals surface area contributed by atoms with Gasteiger partial charge in [0.25, 0.3) is 0 Å². The molecule has 1 heterocycles. The molecule has 6 heteroatoms. The molecule has 1 aromatic carbocycles. The Labute approximate surface area is 173 Å². The molecule has 148 valence electrons. The van der Waals surface area contributed by atoms with Gasteiger partial charge in [0, 0.05) is 17.3 Å². The molecule has 27 heavy (non-hydrogen) atoms. The lowest BCUT2D eigenvalue weighted by Gasteiger charge is -2.26. The van der Waals surface area contributed by atoms with E-state index in [1.54, 1.807) is 6.26 Å². The second-order valence-electron chi connectivity index (χ2n) is 6.91. The number of nitrogens with one attached hydrogen (secondary N) is 1.